The average Bonchev–Trinajstić information content (AvgIpc) is 3.22. The molecule has 61 heavy (non-hydrogen) atoms. The van der Waals surface area contributed by atoms with Crippen LogP contribution in [0.2, 0.25) is 0 Å². The van der Waals surface area contributed by atoms with Gasteiger partial charge in [0.05, 0.1) is 48.6 Å². The molecule has 4 rings (SSSR count). The van der Waals surface area contributed by atoms with E-state index in [1.165, 1.54) is 0 Å². The Bertz CT molecular complexity index is 1190. The van der Waals surface area contributed by atoms with Gasteiger partial charge in [0.1, 0.15) is 48.8 Å². The van der Waals surface area contributed by atoms with Crippen LogP contribution in [0.1, 0.15) is 132 Å². The second kappa shape index (κ2) is 27.1. The number of unbranched alkanes of at least 4 members (excludes halogenated alkanes) is 8. The van der Waals surface area contributed by atoms with Crippen molar-refractivity contribution in [2.75, 3.05) is 26.2 Å². The molecule has 17 heteroatoms. The molecule has 4 heterocycles. The van der Waals surface area contributed by atoms with Gasteiger partial charge in [-0.25, -0.2) is 0 Å². The van der Waals surface area contributed by atoms with Gasteiger partial charge in [-0.3, -0.25) is 0 Å². The zero-order valence-electron chi connectivity index (χ0n) is 38.4. The Morgan fingerprint density at radius 1 is 0.361 bits per heavy atom. The predicted octanol–water partition coefficient (Wildman–Crippen LogP) is 1.51. The third-order valence-electron chi connectivity index (χ3n) is 12.9. The third kappa shape index (κ3) is 14.7. The Morgan fingerprint density at radius 3 is 1.18 bits per heavy atom. The minimum Gasteiger partial charge on any atom is -0.388 e. The molecule has 4 aliphatic rings. The number of aliphatic hydroxyl groups is 6. The van der Waals surface area contributed by atoms with Crippen molar-refractivity contribution in [1.82, 2.24) is 21.3 Å². The Kier molecular flexibility index (Phi) is 23.5. The lowest BCUT2D eigenvalue weighted by Gasteiger charge is -2.51. The molecule has 0 aromatic rings. The normalized spacial score (nSPS) is 42.2. The first-order valence-electron chi connectivity index (χ1n) is 23.9. The minimum atomic E-state index is -1.50. The topological polar surface area (TPSA) is 234 Å². The second-order valence-electron chi connectivity index (χ2n) is 17.9. The molecule has 20 atom stereocenters. The van der Waals surface area contributed by atoms with Crippen LogP contribution >= 0.6 is 0 Å². The van der Waals surface area contributed by atoms with Crippen LogP contribution in [-0.2, 0) is 33.2 Å². The van der Waals surface area contributed by atoms with Crippen molar-refractivity contribution in [2.24, 2.45) is 0 Å². The van der Waals surface area contributed by atoms with Gasteiger partial charge in [0.2, 0.25) is 0 Å². The van der Waals surface area contributed by atoms with Gasteiger partial charge < -0.3 is 85.1 Å². The lowest BCUT2D eigenvalue weighted by Crippen LogP contribution is -2.70. The maximum absolute atomic E-state index is 12.2. The van der Waals surface area contributed by atoms with E-state index in [4.69, 9.17) is 33.2 Å². The zero-order chi connectivity index (χ0) is 44.6. The lowest BCUT2D eigenvalue weighted by atomic mass is 9.93. The van der Waals surface area contributed by atoms with Crippen molar-refractivity contribution in [3.05, 3.63) is 0 Å². The number of hydrogen-bond acceptors (Lipinski definition) is 17. The van der Waals surface area contributed by atoms with E-state index in [0.29, 0.717) is 26.2 Å². The first kappa shape index (κ1) is 52.9. The van der Waals surface area contributed by atoms with E-state index in [-0.39, 0.29) is 0 Å². The van der Waals surface area contributed by atoms with Gasteiger partial charge >= 0.3 is 0 Å². The summed E-state index contributed by atoms with van der Waals surface area (Å²) in [5, 5.41) is 83.2. The molecule has 4 aliphatic heterocycles. The summed E-state index contributed by atoms with van der Waals surface area (Å²) in [5.41, 5.74) is 0. The molecule has 360 valence electrons. The van der Waals surface area contributed by atoms with Gasteiger partial charge in [-0.05, 0) is 79.6 Å². The fourth-order valence-corrected chi connectivity index (χ4v) is 9.06. The molecular formula is C44H86N4O13. The number of aliphatic hydroxyl groups excluding tert-OH is 6. The molecule has 0 unspecified atom stereocenters. The van der Waals surface area contributed by atoms with Crippen molar-refractivity contribution in [3.63, 3.8) is 0 Å². The second-order valence-corrected chi connectivity index (χ2v) is 17.9. The molecule has 0 amide bonds. The van der Waals surface area contributed by atoms with Crippen molar-refractivity contribution >= 4 is 0 Å². The van der Waals surface area contributed by atoms with Crippen molar-refractivity contribution in [3.8, 4) is 0 Å². The summed E-state index contributed by atoms with van der Waals surface area (Å²) < 4.78 is 44.3. The van der Waals surface area contributed by atoms with Gasteiger partial charge in [-0.1, -0.05) is 79.1 Å². The van der Waals surface area contributed by atoms with E-state index in [0.717, 1.165) is 77.0 Å². The molecule has 0 bridgehead atoms. The molecule has 0 aliphatic carbocycles. The van der Waals surface area contributed by atoms with Crippen LogP contribution < -0.4 is 21.3 Å². The van der Waals surface area contributed by atoms with E-state index in [1.54, 1.807) is 13.8 Å². The third-order valence-corrected chi connectivity index (χ3v) is 12.9. The molecule has 0 radical (unpaired) electrons. The highest BCUT2D eigenvalue weighted by Crippen LogP contribution is 2.35. The SMILES string of the molecule is CCCCCN[C@H]1[C@H](O)[C@H](O)[C@@H](O[C@@H]2[C@@H](O[C@@H]3[C@H](O)[C@@H](O[C@H]4[C@@H](O)[C@H](NCCCCC)[C@@H](C)O[C@@H]4O)O[C@H](C)[C@H]3NCCCCC)O[C@H](C)[C@@H](NCCCCC)[C@@H]2O)O[C@@H]1C. The van der Waals surface area contributed by atoms with E-state index < -0.39 is 123 Å². The monoisotopic (exact) mass is 879 g/mol. The summed E-state index contributed by atoms with van der Waals surface area (Å²) in [5.74, 6) is 0. The van der Waals surface area contributed by atoms with E-state index in [1.807, 2.05) is 13.8 Å². The number of hydrogen-bond donors (Lipinski definition) is 10. The quantitative estimate of drug-likeness (QED) is 0.0555. The Labute approximate surface area is 365 Å². The first-order chi connectivity index (χ1) is 29.3. The minimum absolute atomic E-state index is 0.516. The highest BCUT2D eigenvalue weighted by Gasteiger charge is 2.54. The fourth-order valence-electron chi connectivity index (χ4n) is 9.06. The molecule has 0 saturated carbocycles. The molecule has 0 aromatic heterocycles. The number of nitrogens with one attached hydrogen (secondary N) is 4. The maximum Gasteiger partial charge on any atom is 0.187 e. The fraction of sp³-hybridized carbons (Fsp3) is 1.00. The zero-order valence-corrected chi connectivity index (χ0v) is 38.4. The number of ether oxygens (including phenoxy) is 7. The van der Waals surface area contributed by atoms with E-state index in [9.17, 15) is 30.6 Å². The molecule has 17 nitrogen and oxygen atoms in total. The van der Waals surface area contributed by atoms with Crippen LogP contribution in [0.15, 0.2) is 0 Å². The molecular weight excluding hydrogens is 792 g/mol. The summed E-state index contributed by atoms with van der Waals surface area (Å²) in [7, 11) is 0. The van der Waals surface area contributed by atoms with Gasteiger partial charge in [-0.15, -0.1) is 0 Å². The molecule has 0 spiro atoms. The molecule has 10 N–H and O–H groups in total. The number of rotatable bonds is 26. The Morgan fingerprint density at radius 2 is 0.705 bits per heavy atom. The van der Waals surface area contributed by atoms with Crippen molar-refractivity contribution in [2.45, 2.75) is 255 Å². The average molecular weight is 879 g/mol. The van der Waals surface area contributed by atoms with Gasteiger partial charge in [0, 0.05) is 0 Å². The first-order valence-corrected chi connectivity index (χ1v) is 23.9. The van der Waals surface area contributed by atoms with Crippen LogP contribution in [0.4, 0.5) is 0 Å². The van der Waals surface area contributed by atoms with Gasteiger partial charge in [0.15, 0.2) is 25.2 Å². The van der Waals surface area contributed by atoms with Crippen LogP contribution in [0.3, 0.4) is 0 Å². The summed E-state index contributed by atoms with van der Waals surface area (Å²) in [6.07, 6.45) is -6.24. The molecule has 0 aromatic carbocycles. The van der Waals surface area contributed by atoms with E-state index in [2.05, 4.69) is 49.0 Å². The molecule has 4 saturated heterocycles. The lowest BCUT2D eigenvalue weighted by molar-refractivity contribution is -0.376. The largest absolute Gasteiger partial charge is 0.388 e. The predicted molar refractivity (Wildman–Crippen MR) is 229 cm³/mol. The van der Waals surface area contributed by atoms with Crippen LogP contribution in [0, 0.1) is 0 Å². The molecule has 4 fully saturated rings. The van der Waals surface area contributed by atoms with Gasteiger partial charge in [-0.2, -0.15) is 0 Å². The highest BCUT2D eigenvalue weighted by atomic mass is 16.8. The van der Waals surface area contributed by atoms with Crippen molar-refractivity contribution in [1.29, 1.82) is 0 Å². The Hall–Kier alpha value is -0.680. The van der Waals surface area contributed by atoms with E-state index >= 15 is 0 Å². The summed E-state index contributed by atoms with van der Waals surface area (Å²) in [6.45, 7) is 18.2. The summed E-state index contributed by atoms with van der Waals surface area (Å²) >= 11 is 0. The van der Waals surface area contributed by atoms with Gasteiger partial charge in [0.25, 0.3) is 0 Å². The highest BCUT2D eigenvalue weighted by molar-refractivity contribution is 5.01. The summed E-state index contributed by atoms with van der Waals surface area (Å²) in [6, 6.07) is -2.28. The summed E-state index contributed by atoms with van der Waals surface area (Å²) in [4.78, 5) is 0. The van der Waals surface area contributed by atoms with Crippen LogP contribution in [0.25, 0.3) is 0 Å². The Balaban J connectivity index is 1.60. The van der Waals surface area contributed by atoms with Crippen LogP contribution in [-0.4, -0.2) is 179 Å². The van der Waals surface area contributed by atoms with Crippen LogP contribution in [0.5, 0.6) is 0 Å². The standard InChI is InChI=1S/C44H86N4O13/c1-9-13-17-21-45-29-26(6)56-42(36(52)33(29)49)61-40-35(51)31(47-23-19-15-11-3)27(7)58-44(40)59-38-32(48-24-20-16-12-4)28(8)57-43(37(38)53)60-39-34(50)30(25(5)55-41(39)54)46-22-18-14-10-2/h25-54H,9-24H2,1-8H3/t25-,26-,27-,28-,29-,30-,31-,32-,33+,34+,35+,36+,37+,38+,39+,40+,41+,42-,43-,44-/m1/s1. The smallest absolute Gasteiger partial charge is 0.187 e. The maximum atomic E-state index is 12.2. The van der Waals surface area contributed by atoms with Crippen molar-refractivity contribution < 1.29 is 63.8 Å².